The van der Waals surface area contributed by atoms with Gasteiger partial charge in [-0.05, 0) is 18.6 Å². The highest BCUT2D eigenvalue weighted by molar-refractivity contribution is 6.03. The average Bonchev–Trinajstić information content (AvgIpc) is 3.41. The lowest BCUT2D eigenvalue weighted by molar-refractivity contribution is 0.0521. The molecule has 0 spiro atoms. The van der Waals surface area contributed by atoms with Crippen molar-refractivity contribution in [2.45, 2.75) is 6.92 Å². The minimum Gasteiger partial charge on any atom is -0.493 e. The summed E-state index contributed by atoms with van der Waals surface area (Å²) in [6.45, 7) is 2.09. The number of aromatic nitrogens is 1. The molecule has 4 rings (SSSR count). The molecule has 1 aliphatic heterocycles. The van der Waals surface area contributed by atoms with Crippen LogP contribution in [0.3, 0.4) is 0 Å². The van der Waals surface area contributed by atoms with Crippen LogP contribution in [0.5, 0.6) is 23.0 Å². The molecule has 0 amide bonds. The van der Waals surface area contributed by atoms with Gasteiger partial charge in [-0.25, -0.2) is 4.79 Å². The Kier molecular flexibility index (Phi) is 5.03. The Hall–Kier alpha value is -3.61. The summed E-state index contributed by atoms with van der Waals surface area (Å²) in [5.41, 5.74) is 3.37. The minimum absolute atomic E-state index is 0.0644. The van der Waals surface area contributed by atoms with E-state index in [1.807, 2.05) is 30.3 Å². The molecule has 2 aromatic carbocycles. The Bertz CT molecular complexity index is 1040. The van der Waals surface area contributed by atoms with Gasteiger partial charge in [0.25, 0.3) is 0 Å². The summed E-state index contributed by atoms with van der Waals surface area (Å²) in [6, 6.07) is 11.5. The minimum atomic E-state index is -0.455. The van der Waals surface area contributed by atoms with Gasteiger partial charge in [0, 0.05) is 22.9 Å². The van der Waals surface area contributed by atoms with Gasteiger partial charge in [-0.2, -0.15) is 0 Å². The van der Waals surface area contributed by atoms with Gasteiger partial charge >= 0.3 is 5.97 Å². The molecule has 0 radical (unpaired) electrons. The third kappa shape index (κ3) is 3.14. The zero-order chi connectivity index (χ0) is 20.4. The molecule has 0 unspecified atom stereocenters. The fourth-order valence-electron chi connectivity index (χ4n) is 3.47. The number of carbonyl (C=O) groups excluding carboxylic acids is 1. The normalized spacial score (nSPS) is 12.0. The summed E-state index contributed by atoms with van der Waals surface area (Å²) in [4.78, 5) is 15.8. The van der Waals surface area contributed by atoms with Crippen molar-refractivity contribution in [1.82, 2.24) is 4.98 Å². The van der Waals surface area contributed by atoms with Gasteiger partial charge in [-0.15, -0.1) is 0 Å². The summed E-state index contributed by atoms with van der Waals surface area (Å²) in [5.74, 6) is 1.41. The number of ether oxygens (including phenoxy) is 5. The fourth-order valence-corrected chi connectivity index (χ4v) is 3.47. The number of fused-ring (bicyclic) bond motifs is 1. The third-order valence-electron chi connectivity index (χ3n) is 4.70. The second kappa shape index (κ2) is 7.79. The molecule has 0 atom stereocenters. The van der Waals surface area contributed by atoms with Crippen LogP contribution in [0.4, 0.5) is 0 Å². The number of hydrogen-bond donors (Lipinski definition) is 1. The van der Waals surface area contributed by atoms with Crippen molar-refractivity contribution in [2.75, 3.05) is 27.6 Å². The van der Waals surface area contributed by atoms with E-state index in [1.54, 1.807) is 33.4 Å². The van der Waals surface area contributed by atoms with Crippen LogP contribution < -0.4 is 18.9 Å². The van der Waals surface area contributed by atoms with Gasteiger partial charge in [-0.3, -0.25) is 0 Å². The first-order chi connectivity index (χ1) is 14.2. The van der Waals surface area contributed by atoms with Crippen LogP contribution >= 0.6 is 0 Å². The average molecular weight is 395 g/mol. The largest absolute Gasteiger partial charge is 0.493 e. The number of hydrogen-bond acceptors (Lipinski definition) is 6. The second-order valence-electron chi connectivity index (χ2n) is 6.26. The summed E-state index contributed by atoms with van der Waals surface area (Å²) in [6.07, 6.45) is 1.79. The van der Waals surface area contributed by atoms with Crippen molar-refractivity contribution < 1.29 is 28.5 Å². The lowest BCUT2D eigenvalue weighted by atomic mass is 9.95. The zero-order valence-corrected chi connectivity index (χ0v) is 16.4. The first-order valence-corrected chi connectivity index (χ1v) is 9.18. The van der Waals surface area contributed by atoms with Crippen LogP contribution in [0.15, 0.2) is 42.6 Å². The first kappa shape index (κ1) is 18.7. The summed E-state index contributed by atoms with van der Waals surface area (Å²) < 4.78 is 27.6. The molecule has 7 heteroatoms. The highest BCUT2D eigenvalue weighted by Crippen LogP contribution is 2.54. The van der Waals surface area contributed by atoms with Crippen LogP contribution in [-0.4, -0.2) is 38.6 Å². The van der Waals surface area contributed by atoms with Crippen LogP contribution in [0.1, 0.15) is 17.4 Å². The number of aromatic amines is 1. The van der Waals surface area contributed by atoms with Gasteiger partial charge in [-0.1, -0.05) is 30.3 Å². The van der Waals surface area contributed by atoms with E-state index in [9.17, 15) is 4.79 Å². The van der Waals surface area contributed by atoms with Crippen molar-refractivity contribution >= 4 is 5.97 Å². The van der Waals surface area contributed by atoms with Gasteiger partial charge in [0.2, 0.25) is 18.3 Å². The predicted octanol–water partition coefficient (Wildman–Crippen LogP) is 4.27. The van der Waals surface area contributed by atoms with E-state index >= 15 is 0 Å². The molecule has 150 valence electrons. The van der Waals surface area contributed by atoms with Gasteiger partial charge in [0.15, 0.2) is 11.5 Å². The monoisotopic (exact) mass is 395 g/mol. The molecular weight excluding hydrogens is 374 g/mol. The molecule has 0 aliphatic carbocycles. The topological polar surface area (TPSA) is 79.0 Å². The molecule has 1 aliphatic rings. The predicted molar refractivity (Wildman–Crippen MR) is 107 cm³/mol. The van der Waals surface area contributed by atoms with E-state index < -0.39 is 5.97 Å². The summed E-state index contributed by atoms with van der Waals surface area (Å²) >= 11 is 0. The van der Waals surface area contributed by atoms with E-state index in [-0.39, 0.29) is 13.4 Å². The van der Waals surface area contributed by atoms with E-state index in [4.69, 9.17) is 23.7 Å². The number of esters is 1. The van der Waals surface area contributed by atoms with Crippen LogP contribution in [0, 0.1) is 0 Å². The molecule has 3 aromatic rings. The Balaban J connectivity index is 2.01. The zero-order valence-electron chi connectivity index (χ0n) is 16.4. The molecule has 0 saturated carbocycles. The van der Waals surface area contributed by atoms with Crippen LogP contribution in [-0.2, 0) is 4.74 Å². The van der Waals surface area contributed by atoms with Gasteiger partial charge < -0.3 is 28.7 Å². The number of methoxy groups -OCH3 is 2. The van der Waals surface area contributed by atoms with Crippen molar-refractivity contribution in [3.05, 3.63) is 48.3 Å². The number of rotatable bonds is 6. The molecule has 2 heterocycles. The van der Waals surface area contributed by atoms with Crippen molar-refractivity contribution in [1.29, 1.82) is 0 Å². The number of nitrogens with one attached hydrogen (secondary N) is 1. The molecule has 29 heavy (non-hydrogen) atoms. The Morgan fingerprint density at radius 2 is 1.83 bits per heavy atom. The SMILES string of the molecule is CCOC(=O)c1[nH]cc(-c2ccccc2)c1-c1cc(OC)c2c(c1OC)OCO2. The maximum atomic E-state index is 12.7. The lowest BCUT2D eigenvalue weighted by Gasteiger charge is -2.16. The summed E-state index contributed by atoms with van der Waals surface area (Å²) in [7, 11) is 3.10. The van der Waals surface area contributed by atoms with E-state index in [0.29, 0.717) is 39.8 Å². The highest BCUT2D eigenvalue weighted by Gasteiger charge is 2.31. The van der Waals surface area contributed by atoms with Gasteiger partial charge in [0.05, 0.1) is 20.8 Å². The molecule has 0 bridgehead atoms. The number of H-pyrrole nitrogens is 1. The van der Waals surface area contributed by atoms with Crippen molar-refractivity contribution in [3.8, 4) is 45.3 Å². The lowest BCUT2D eigenvalue weighted by Crippen LogP contribution is -2.07. The van der Waals surface area contributed by atoms with E-state index in [1.165, 1.54) is 0 Å². The Labute approximate surface area is 168 Å². The smallest absolute Gasteiger partial charge is 0.355 e. The van der Waals surface area contributed by atoms with Gasteiger partial charge in [0.1, 0.15) is 5.69 Å². The van der Waals surface area contributed by atoms with Crippen molar-refractivity contribution in [3.63, 3.8) is 0 Å². The first-order valence-electron chi connectivity index (χ1n) is 9.18. The maximum absolute atomic E-state index is 12.7. The molecule has 0 saturated heterocycles. The molecule has 1 N–H and O–H groups in total. The molecule has 0 fully saturated rings. The quantitative estimate of drug-likeness (QED) is 0.628. The number of benzene rings is 2. The standard InChI is InChI=1S/C22H21NO6/c1-4-27-22(24)18-17(15(11-23-18)13-8-6-5-7-9-13)14-10-16(25-2)20-21(19(14)26-3)29-12-28-20/h5-11,23H,4,12H2,1-3H3. The third-order valence-corrected chi connectivity index (χ3v) is 4.70. The van der Waals surface area contributed by atoms with E-state index in [2.05, 4.69) is 4.98 Å². The van der Waals surface area contributed by atoms with Crippen molar-refractivity contribution in [2.24, 2.45) is 0 Å². The summed E-state index contributed by atoms with van der Waals surface area (Å²) in [5, 5.41) is 0. The second-order valence-corrected chi connectivity index (χ2v) is 6.26. The van der Waals surface area contributed by atoms with Crippen LogP contribution in [0.25, 0.3) is 22.3 Å². The Morgan fingerprint density at radius 1 is 1.07 bits per heavy atom. The molecular formula is C22H21NO6. The maximum Gasteiger partial charge on any atom is 0.355 e. The highest BCUT2D eigenvalue weighted by atomic mass is 16.7. The van der Waals surface area contributed by atoms with E-state index in [0.717, 1.165) is 11.1 Å². The Morgan fingerprint density at radius 3 is 2.52 bits per heavy atom. The van der Waals surface area contributed by atoms with Crippen LogP contribution in [0.2, 0.25) is 0 Å². The number of carbonyl (C=O) groups is 1. The fraction of sp³-hybridized carbons (Fsp3) is 0.227. The molecule has 1 aromatic heterocycles. The molecule has 7 nitrogen and oxygen atoms in total.